The van der Waals surface area contributed by atoms with Gasteiger partial charge in [0.2, 0.25) is 0 Å². The number of rotatable bonds is 6. The van der Waals surface area contributed by atoms with Crippen molar-refractivity contribution in [3.05, 3.63) is 12.2 Å². The molecule has 0 aromatic rings. The van der Waals surface area contributed by atoms with Crippen molar-refractivity contribution in [2.24, 2.45) is 34.5 Å². The summed E-state index contributed by atoms with van der Waals surface area (Å²) < 4.78 is 6.48. The molecule has 0 N–H and O–H groups in total. The number of Topliss-reactive ketones (excluding diaryl/α,β-unsaturated/α-hetero) is 1. The van der Waals surface area contributed by atoms with Gasteiger partial charge in [-0.05, 0) is 107 Å². The smallest absolute Gasteiger partial charge is 0.306 e. The van der Waals surface area contributed by atoms with Crippen LogP contribution in [-0.2, 0) is 14.3 Å². The molecular formula is C26H36O3. The van der Waals surface area contributed by atoms with Gasteiger partial charge in [0.1, 0.15) is 11.4 Å². The first-order chi connectivity index (χ1) is 14.0. The van der Waals surface area contributed by atoms with E-state index >= 15 is 0 Å². The molecule has 29 heavy (non-hydrogen) atoms. The maximum absolute atomic E-state index is 13.0. The molecule has 5 fully saturated rings. The molecule has 3 bridgehead atoms. The van der Waals surface area contributed by atoms with Crippen LogP contribution >= 0.6 is 0 Å². The molecule has 1 spiro atoms. The number of allylic oxidation sites excluding steroid dienone is 2. The third kappa shape index (κ3) is 2.61. The van der Waals surface area contributed by atoms with Gasteiger partial charge in [0, 0.05) is 17.8 Å². The summed E-state index contributed by atoms with van der Waals surface area (Å²) in [6.07, 6.45) is 20.6. The Bertz CT molecular complexity index is 743. The third-order valence-electron chi connectivity index (χ3n) is 10.5. The number of ketones is 1. The molecular weight excluding hydrogens is 360 g/mol. The van der Waals surface area contributed by atoms with E-state index in [4.69, 9.17) is 4.74 Å². The maximum Gasteiger partial charge on any atom is 0.306 e. The van der Waals surface area contributed by atoms with Gasteiger partial charge in [-0.25, -0.2) is 0 Å². The van der Waals surface area contributed by atoms with E-state index in [1.54, 1.807) is 0 Å². The highest BCUT2D eigenvalue weighted by molar-refractivity contribution is 5.85. The molecule has 6 atom stereocenters. The third-order valence-corrected chi connectivity index (χ3v) is 10.5. The van der Waals surface area contributed by atoms with Gasteiger partial charge in [-0.2, -0.15) is 0 Å². The van der Waals surface area contributed by atoms with E-state index in [-0.39, 0.29) is 35.1 Å². The van der Waals surface area contributed by atoms with Gasteiger partial charge in [-0.3, -0.25) is 9.59 Å². The van der Waals surface area contributed by atoms with Gasteiger partial charge in [0.25, 0.3) is 0 Å². The van der Waals surface area contributed by atoms with Gasteiger partial charge in [-0.15, -0.1) is 0 Å². The average Bonchev–Trinajstić information content (AvgIpc) is 3.33. The molecule has 3 nitrogen and oxygen atoms in total. The fourth-order valence-corrected chi connectivity index (χ4v) is 9.36. The monoisotopic (exact) mass is 396 g/mol. The summed E-state index contributed by atoms with van der Waals surface area (Å²) in [5.41, 5.74) is 0.685. The second-order valence-electron chi connectivity index (χ2n) is 11.7. The second-order valence-corrected chi connectivity index (χ2v) is 11.7. The van der Waals surface area contributed by atoms with Crippen molar-refractivity contribution in [2.75, 3.05) is 0 Å². The zero-order chi connectivity index (χ0) is 19.7. The topological polar surface area (TPSA) is 43.4 Å². The molecule has 6 aliphatic carbocycles. The van der Waals surface area contributed by atoms with Gasteiger partial charge in [-0.1, -0.05) is 12.2 Å². The molecule has 158 valence electrons. The van der Waals surface area contributed by atoms with Crippen LogP contribution < -0.4 is 0 Å². The Hall–Kier alpha value is -1.12. The fraction of sp³-hybridized carbons (Fsp3) is 0.846. The Morgan fingerprint density at radius 1 is 0.966 bits per heavy atom. The first-order valence-corrected chi connectivity index (χ1v) is 12.4. The molecule has 0 aromatic heterocycles. The standard InChI is InChI=1S/C26H36O3/c27-22(19-6-2-1-3-7-19)8-9-23(28)29-26(10-4-5-11-26)24-14-18-12-20-13-21(16-24)25(20,15-18)17-24/h1-2,18-21H,3-17H2. The molecule has 0 amide bonds. The van der Waals surface area contributed by atoms with E-state index in [1.165, 1.54) is 51.4 Å². The summed E-state index contributed by atoms with van der Waals surface area (Å²) in [6.45, 7) is 0. The Labute approximate surface area is 175 Å². The zero-order valence-electron chi connectivity index (χ0n) is 17.8. The lowest BCUT2D eigenvalue weighted by atomic mass is 9.55. The van der Waals surface area contributed by atoms with Gasteiger partial charge in [0.15, 0.2) is 0 Å². The summed E-state index contributed by atoms with van der Waals surface area (Å²) in [7, 11) is 0. The molecule has 6 aliphatic rings. The average molecular weight is 397 g/mol. The van der Waals surface area contributed by atoms with E-state index in [1.807, 2.05) is 0 Å². The highest BCUT2D eigenvalue weighted by atomic mass is 16.6. The highest BCUT2D eigenvalue weighted by Crippen LogP contribution is 2.81. The van der Waals surface area contributed by atoms with Crippen molar-refractivity contribution in [1.29, 1.82) is 0 Å². The van der Waals surface area contributed by atoms with Crippen molar-refractivity contribution in [1.82, 2.24) is 0 Å². The van der Waals surface area contributed by atoms with Crippen LogP contribution in [0, 0.1) is 34.5 Å². The minimum absolute atomic E-state index is 0.0906. The Morgan fingerprint density at radius 2 is 1.83 bits per heavy atom. The fourth-order valence-electron chi connectivity index (χ4n) is 9.36. The van der Waals surface area contributed by atoms with Gasteiger partial charge < -0.3 is 4.74 Å². The highest BCUT2D eigenvalue weighted by Gasteiger charge is 2.75. The van der Waals surface area contributed by atoms with Crippen LogP contribution in [0.1, 0.15) is 96.3 Å². The lowest BCUT2D eigenvalue weighted by Crippen LogP contribution is -2.51. The van der Waals surface area contributed by atoms with Crippen LogP contribution in [-0.4, -0.2) is 17.4 Å². The summed E-state index contributed by atoms with van der Waals surface area (Å²) in [5, 5.41) is 0. The summed E-state index contributed by atoms with van der Waals surface area (Å²) in [5.74, 6) is 3.09. The number of ether oxygens (including phenoxy) is 1. The predicted molar refractivity (Wildman–Crippen MR) is 111 cm³/mol. The Balaban J connectivity index is 1.16. The number of carbonyl (C=O) groups excluding carboxylic acids is 2. The summed E-state index contributed by atoms with van der Waals surface area (Å²) in [6, 6.07) is 0. The molecule has 6 unspecified atom stereocenters. The Kier molecular flexibility index (Phi) is 4.14. The minimum atomic E-state index is -0.210. The Morgan fingerprint density at radius 3 is 2.62 bits per heavy atom. The lowest BCUT2D eigenvalue weighted by molar-refractivity contribution is -0.182. The first kappa shape index (κ1) is 18.6. The van der Waals surface area contributed by atoms with E-state index < -0.39 is 0 Å². The normalized spacial score (nSPS) is 45.8. The maximum atomic E-state index is 13.0. The molecule has 0 aromatic carbocycles. The zero-order valence-corrected chi connectivity index (χ0v) is 17.8. The van der Waals surface area contributed by atoms with Gasteiger partial charge >= 0.3 is 5.97 Å². The minimum Gasteiger partial charge on any atom is -0.458 e. The molecule has 3 heteroatoms. The van der Waals surface area contributed by atoms with Crippen LogP contribution in [0.5, 0.6) is 0 Å². The number of carbonyl (C=O) groups is 2. The number of fused-ring (bicyclic) bond motifs is 2. The largest absolute Gasteiger partial charge is 0.458 e. The van der Waals surface area contributed by atoms with Crippen LogP contribution in [0.4, 0.5) is 0 Å². The van der Waals surface area contributed by atoms with Crippen molar-refractivity contribution in [3.8, 4) is 0 Å². The molecule has 0 heterocycles. The van der Waals surface area contributed by atoms with Crippen LogP contribution in [0.2, 0.25) is 0 Å². The lowest BCUT2D eigenvalue weighted by Gasteiger charge is -2.51. The summed E-state index contributed by atoms with van der Waals surface area (Å²) >= 11 is 0. The number of esters is 1. The van der Waals surface area contributed by atoms with Crippen molar-refractivity contribution < 1.29 is 14.3 Å². The van der Waals surface area contributed by atoms with Crippen LogP contribution in [0.3, 0.4) is 0 Å². The molecule has 5 saturated carbocycles. The van der Waals surface area contributed by atoms with Crippen LogP contribution in [0.15, 0.2) is 12.2 Å². The molecule has 0 aliphatic heterocycles. The number of hydrogen-bond acceptors (Lipinski definition) is 3. The van der Waals surface area contributed by atoms with Crippen molar-refractivity contribution in [2.45, 2.75) is 102 Å². The molecule has 0 radical (unpaired) electrons. The molecule has 6 rings (SSSR count). The number of hydrogen-bond donors (Lipinski definition) is 0. The van der Waals surface area contributed by atoms with Crippen molar-refractivity contribution in [3.63, 3.8) is 0 Å². The van der Waals surface area contributed by atoms with Gasteiger partial charge in [0.05, 0.1) is 6.42 Å². The second kappa shape index (κ2) is 6.44. The van der Waals surface area contributed by atoms with E-state index in [9.17, 15) is 9.59 Å². The quantitative estimate of drug-likeness (QED) is 0.423. The SMILES string of the molecule is O=C(CCC(=O)C1CC=CCC1)OC1(C23CC4CC5CC(C2)C5(C4)C3)CCCC1. The van der Waals surface area contributed by atoms with Crippen LogP contribution in [0.25, 0.3) is 0 Å². The predicted octanol–water partition coefficient (Wildman–Crippen LogP) is 5.76. The summed E-state index contributed by atoms with van der Waals surface area (Å²) in [4.78, 5) is 25.5. The van der Waals surface area contributed by atoms with Crippen molar-refractivity contribution >= 4 is 11.8 Å². The molecule has 0 saturated heterocycles. The van der Waals surface area contributed by atoms with E-state index in [0.717, 1.165) is 49.9 Å². The first-order valence-electron chi connectivity index (χ1n) is 12.4. The van der Waals surface area contributed by atoms with E-state index in [0.29, 0.717) is 11.8 Å². The van der Waals surface area contributed by atoms with E-state index in [2.05, 4.69) is 12.2 Å².